The van der Waals surface area contributed by atoms with E-state index in [9.17, 15) is 18.0 Å². The number of piperazine rings is 1. The summed E-state index contributed by atoms with van der Waals surface area (Å²) < 4.78 is 41.4. The molecule has 3 saturated heterocycles. The Kier molecular flexibility index (Phi) is 6.23. The Morgan fingerprint density at radius 2 is 1.97 bits per heavy atom. The van der Waals surface area contributed by atoms with E-state index in [0.717, 1.165) is 37.2 Å². The fourth-order valence-corrected chi connectivity index (χ4v) is 5.65. The third-order valence-electron chi connectivity index (χ3n) is 6.47. The van der Waals surface area contributed by atoms with Gasteiger partial charge in [0, 0.05) is 63.3 Å². The number of aromatic nitrogens is 3. The van der Waals surface area contributed by atoms with Gasteiger partial charge in [-0.3, -0.25) is 9.69 Å². The molecule has 1 N–H and O–H groups in total. The maximum Gasteiger partial charge on any atom is 0.435 e. The molecule has 2 aromatic rings. The minimum atomic E-state index is -4.53. The van der Waals surface area contributed by atoms with Gasteiger partial charge in [0.1, 0.15) is 5.82 Å². The van der Waals surface area contributed by atoms with Gasteiger partial charge in [0.05, 0.1) is 11.9 Å². The zero-order chi connectivity index (χ0) is 23.0. The molecule has 0 unspecified atom stereocenters. The highest BCUT2D eigenvalue weighted by molar-refractivity contribution is 7.99. The number of alkyl halides is 3. The molecule has 2 aromatic heterocycles. The standard InChI is InChI=1S/C21H26F3N7OS/c22-21(23,24)17-12-19(31(27-17)18-3-1-2-4-25-18)29-7-5-28(6-8-29)15-11-16(26-13-15)20(32)30-9-10-33-14-30/h1-4,12,15-16,26H,5-11,13-14H2/t15-,16-/m0/s1. The number of carbonyl (C=O) groups is 1. The van der Waals surface area contributed by atoms with Gasteiger partial charge in [0.15, 0.2) is 11.5 Å². The van der Waals surface area contributed by atoms with Gasteiger partial charge in [-0.1, -0.05) is 6.07 Å². The monoisotopic (exact) mass is 481 g/mol. The van der Waals surface area contributed by atoms with E-state index in [1.54, 1.807) is 30.0 Å². The van der Waals surface area contributed by atoms with Crippen LogP contribution in [0.1, 0.15) is 12.1 Å². The number of halogens is 3. The van der Waals surface area contributed by atoms with Crippen molar-refractivity contribution in [2.75, 3.05) is 55.8 Å². The smallest absolute Gasteiger partial charge is 0.354 e. The van der Waals surface area contributed by atoms with Crippen molar-refractivity contribution in [1.29, 1.82) is 0 Å². The molecule has 2 atom stereocenters. The number of anilines is 1. The van der Waals surface area contributed by atoms with E-state index in [0.29, 0.717) is 37.8 Å². The van der Waals surface area contributed by atoms with Gasteiger partial charge >= 0.3 is 6.18 Å². The Morgan fingerprint density at radius 3 is 2.64 bits per heavy atom. The van der Waals surface area contributed by atoms with Crippen LogP contribution < -0.4 is 10.2 Å². The van der Waals surface area contributed by atoms with Gasteiger partial charge in [-0.15, -0.1) is 11.8 Å². The van der Waals surface area contributed by atoms with Gasteiger partial charge in [0.2, 0.25) is 5.91 Å². The van der Waals surface area contributed by atoms with E-state index in [-0.39, 0.29) is 18.0 Å². The maximum atomic E-state index is 13.4. The summed E-state index contributed by atoms with van der Waals surface area (Å²) in [7, 11) is 0. The molecule has 0 saturated carbocycles. The molecule has 0 bridgehead atoms. The minimum Gasteiger partial charge on any atom is -0.354 e. The molecule has 12 heteroatoms. The summed E-state index contributed by atoms with van der Waals surface area (Å²) in [5.74, 6) is 2.69. The molecule has 1 amide bonds. The van der Waals surface area contributed by atoms with Crippen molar-refractivity contribution in [2.24, 2.45) is 0 Å². The van der Waals surface area contributed by atoms with Crippen LogP contribution in [0.4, 0.5) is 19.0 Å². The molecule has 0 spiro atoms. The fourth-order valence-electron chi connectivity index (χ4n) is 4.69. The summed E-state index contributed by atoms with van der Waals surface area (Å²) in [5, 5.41) is 7.18. The summed E-state index contributed by atoms with van der Waals surface area (Å²) in [6.07, 6.45) is -2.22. The number of carbonyl (C=O) groups excluding carboxylic acids is 1. The summed E-state index contributed by atoms with van der Waals surface area (Å²) >= 11 is 1.78. The van der Waals surface area contributed by atoms with E-state index >= 15 is 0 Å². The number of pyridine rings is 1. The second-order valence-corrected chi connectivity index (χ2v) is 9.57. The van der Waals surface area contributed by atoms with Crippen molar-refractivity contribution in [2.45, 2.75) is 24.7 Å². The molecule has 178 valence electrons. The van der Waals surface area contributed by atoms with Crippen LogP contribution in [0.3, 0.4) is 0 Å². The van der Waals surface area contributed by atoms with Gasteiger partial charge in [-0.05, 0) is 18.6 Å². The SMILES string of the molecule is O=C([C@@H]1C[C@H](N2CCN(c3cc(C(F)(F)F)nn3-c3ccccn3)CC2)CN1)N1CCSC1. The first-order valence-electron chi connectivity index (χ1n) is 11.1. The molecule has 8 nitrogen and oxygen atoms in total. The average Bonchev–Trinajstić information content (AvgIpc) is 3.60. The van der Waals surface area contributed by atoms with Crippen molar-refractivity contribution in [3.63, 3.8) is 0 Å². The van der Waals surface area contributed by atoms with Gasteiger partial charge < -0.3 is 15.1 Å². The Balaban J connectivity index is 1.25. The number of hydrogen-bond acceptors (Lipinski definition) is 7. The second-order valence-electron chi connectivity index (χ2n) is 8.50. The molecule has 5 rings (SSSR count). The van der Waals surface area contributed by atoms with Crippen LogP contribution in [0.15, 0.2) is 30.5 Å². The highest BCUT2D eigenvalue weighted by Crippen LogP contribution is 2.33. The molecule has 33 heavy (non-hydrogen) atoms. The number of nitrogens with zero attached hydrogens (tertiary/aromatic N) is 6. The topological polar surface area (TPSA) is 69.5 Å². The summed E-state index contributed by atoms with van der Waals surface area (Å²) in [6, 6.07) is 6.29. The van der Waals surface area contributed by atoms with Crippen molar-refractivity contribution in [3.8, 4) is 5.82 Å². The van der Waals surface area contributed by atoms with Crippen LogP contribution in [-0.4, -0.2) is 93.5 Å². The van der Waals surface area contributed by atoms with Crippen LogP contribution in [0.5, 0.6) is 0 Å². The third-order valence-corrected chi connectivity index (χ3v) is 7.44. The van der Waals surface area contributed by atoms with Crippen LogP contribution in [0.2, 0.25) is 0 Å². The van der Waals surface area contributed by atoms with Crippen LogP contribution >= 0.6 is 11.8 Å². The predicted octanol–water partition coefficient (Wildman–Crippen LogP) is 1.67. The molecule has 3 aliphatic rings. The molecule has 0 aromatic carbocycles. The predicted molar refractivity (Wildman–Crippen MR) is 119 cm³/mol. The largest absolute Gasteiger partial charge is 0.435 e. The first-order valence-corrected chi connectivity index (χ1v) is 12.2. The van der Waals surface area contributed by atoms with E-state index in [2.05, 4.69) is 20.3 Å². The van der Waals surface area contributed by atoms with Crippen LogP contribution in [0, 0.1) is 0 Å². The molecular formula is C21H26F3N7OS. The number of nitrogens with one attached hydrogen (secondary N) is 1. The first-order chi connectivity index (χ1) is 15.9. The molecule has 0 radical (unpaired) electrons. The molecule has 0 aliphatic carbocycles. The van der Waals surface area contributed by atoms with Crippen molar-refractivity contribution < 1.29 is 18.0 Å². The molecular weight excluding hydrogens is 455 g/mol. The number of hydrogen-bond donors (Lipinski definition) is 1. The number of rotatable bonds is 4. The van der Waals surface area contributed by atoms with E-state index in [4.69, 9.17) is 0 Å². The lowest BCUT2D eigenvalue weighted by atomic mass is 10.1. The molecule has 3 aliphatic heterocycles. The lowest BCUT2D eigenvalue weighted by Gasteiger charge is -2.38. The van der Waals surface area contributed by atoms with E-state index in [1.807, 2.05) is 9.80 Å². The van der Waals surface area contributed by atoms with E-state index in [1.165, 1.54) is 10.9 Å². The van der Waals surface area contributed by atoms with Gasteiger partial charge in [-0.25, -0.2) is 4.98 Å². The lowest BCUT2D eigenvalue weighted by molar-refractivity contribution is -0.141. The fraction of sp³-hybridized carbons (Fsp3) is 0.571. The van der Waals surface area contributed by atoms with Gasteiger partial charge in [0.25, 0.3) is 0 Å². The summed E-state index contributed by atoms with van der Waals surface area (Å²) in [4.78, 5) is 23.1. The normalized spacial score (nSPS) is 24.6. The highest BCUT2D eigenvalue weighted by atomic mass is 32.2. The Bertz CT molecular complexity index is 972. The lowest BCUT2D eigenvalue weighted by Crippen LogP contribution is -2.51. The minimum absolute atomic E-state index is 0.147. The first kappa shape index (κ1) is 22.5. The maximum absolute atomic E-state index is 13.4. The van der Waals surface area contributed by atoms with E-state index < -0.39 is 11.9 Å². The third kappa shape index (κ3) is 4.69. The Hall–Kier alpha value is -2.31. The Labute approximate surface area is 194 Å². The quantitative estimate of drug-likeness (QED) is 0.713. The number of thioether (sulfide) groups is 1. The Morgan fingerprint density at radius 1 is 1.15 bits per heavy atom. The van der Waals surface area contributed by atoms with Crippen molar-refractivity contribution >= 4 is 23.5 Å². The summed E-state index contributed by atoms with van der Waals surface area (Å²) in [6.45, 7) is 4.14. The summed E-state index contributed by atoms with van der Waals surface area (Å²) in [5.41, 5.74) is -0.924. The molecule has 3 fully saturated rings. The zero-order valence-electron chi connectivity index (χ0n) is 18.0. The van der Waals surface area contributed by atoms with Crippen LogP contribution in [0.25, 0.3) is 5.82 Å². The van der Waals surface area contributed by atoms with Crippen molar-refractivity contribution in [1.82, 2.24) is 29.9 Å². The van der Waals surface area contributed by atoms with Crippen molar-refractivity contribution in [3.05, 3.63) is 36.2 Å². The zero-order valence-corrected chi connectivity index (χ0v) is 18.9. The van der Waals surface area contributed by atoms with Crippen LogP contribution in [-0.2, 0) is 11.0 Å². The second kappa shape index (κ2) is 9.15. The highest BCUT2D eigenvalue weighted by Gasteiger charge is 2.39. The van der Waals surface area contributed by atoms with Gasteiger partial charge in [-0.2, -0.15) is 23.0 Å². The number of amides is 1. The average molecular weight is 482 g/mol. The molecule has 5 heterocycles.